The second-order valence-corrected chi connectivity index (χ2v) is 9.46. The monoisotopic (exact) mass is 491 g/mol. The predicted molar refractivity (Wildman–Crippen MR) is 132 cm³/mol. The summed E-state index contributed by atoms with van der Waals surface area (Å²) in [7, 11) is 0. The van der Waals surface area contributed by atoms with Gasteiger partial charge in [0.05, 0.1) is 16.7 Å². The minimum atomic E-state index is -0.828. The molecule has 0 amide bonds. The van der Waals surface area contributed by atoms with Crippen molar-refractivity contribution in [1.29, 1.82) is 0 Å². The average molecular weight is 492 g/mol. The Morgan fingerprint density at radius 3 is 2.61 bits per heavy atom. The molecule has 0 atom stereocenters. The number of carbonyl (C=O) groups is 1. The topological polar surface area (TPSA) is 133 Å². The van der Waals surface area contributed by atoms with Crippen molar-refractivity contribution >= 4 is 45.9 Å². The Morgan fingerprint density at radius 1 is 1.21 bits per heavy atom. The molecule has 0 aliphatic rings. The molecule has 1 aromatic carbocycles. The highest BCUT2D eigenvalue weighted by atomic mass is 35.5. The molecule has 176 valence electrons. The number of aromatic nitrogens is 4. The summed E-state index contributed by atoms with van der Waals surface area (Å²) in [6.45, 7) is 6.66. The zero-order chi connectivity index (χ0) is 24.3. The van der Waals surface area contributed by atoms with Gasteiger partial charge in [0.1, 0.15) is 11.4 Å². The third-order valence-corrected chi connectivity index (χ3v) is 6.32. The molecule has 3 N–H and O–H groups in total. The molecule has 2 heterocycles. The fourth-order valence-electron chi connectivity index (χ4n) is 3.37. The van der Waals surface area contributed by atoms with Gasteiger partial charge >= 0.3 is 5.69 Å². The summed E-state index contributed by atoms with van der Waals surface area (Å²) >= 11 is 7.11. The normalized spacial score (nSPS) is 11.4. The number of Topliss-reactive ketones (excluding diaryl/α,β-unsaturated/α-hetero) is 1. The number of fused-ring (bicyclic) bond motifs is 1. The molecule has 3 rings (SSSR count). The molecule has 0 spiro atoms. The summed E-state index contributed by atoms with van der Waals surface area (Å²) in [4.78, 5) is 57.1. The van der Waals surface area contributed by atoms with Crippen LogP contribution >= 0.6 is 23.4 Å². The Morgan fingerprint density at radius 2 is 1.94 bits per heavy atom. The van der Waals surface area contributed by atoms with Crippen molar-refractivity contribution < 1.29 is 4.79 Å². The lowest BCUT2D eigenvalue weighted by Gasteiger charge is -2.15. The van der Waals surface area contributed by atoms with Crippen molar-refractivity contribution in [3.8, 4) is 0 Å². The van der Waals surface area contributed by atoms with Gasteiger partial charge in [0.25, 0.3) is 11.1 Å². The lowest BCUT2D eigenvalue weighted by molar-refractivity contribution is 0.102. The van der Waals surface area contributed by atoms with Gasteiger partial charge in [-0.2, -0.15) is 0 Å². The van der Waals surface area contributed by atoms with Crippen LogP contribution in [0.15, 0.2) is 37.7 Å². The van der Waals surface area contributed by atoms with E-state index in [1.165, 1.54) is 4.57 Å². The van der Waals surface area contributed by atoms with E-state index in [4.69, 9.17) is 17.3 Å². The smallest absolute Gasteiger partial charge is 0.329 e. The summed E-state index contributed by atoms with van der Waals surface area (Å²) in [5.74, 6) is -0.543. The molecule has 0 saturated carbocycles. The quantitative estimate of drug-likeness (QED) is 0.267. The van der Waals surface area contributed by atoms with E-state index < -0.39 is 17.0 Å². The second-order valence-electron chi connectivity index (χ2n) is 8.08. The lowest BCUT2D eigenvalue weighted by Crippen LogP contribution is -2.36. The number of hydrogen-bond donors (Lipinski definition) is 2. The van der Waals surface area contributed by atoms with Gasteiger partial charge in [-0.1, -0.05) is 44.1 Å². The molecule has 33 heavy (non-hydrogen) atoms. The first-order valence-electron chi connectivity index (χ1n) is 10.6. The van der Waals surface area contributed by atoms with Gasteiger partial charge in [-0.25, -0.2) is 9.78 Å². The minimum absolute atomic E-state index is 0.161. The lowest BCUT2D eigenvalue weighted by atomic mass is 10.1. The van der Waals surface area contributed by atoms with E-state index in [2.05, 4.69) is 23.8 Å². The summed E-state index contributed by atoms with van der Waals surface area (Å²) < 4.78 is 2.72. The number of thioether (sulfide) groups is 1. The fraction of sp³-hybridized carbons (Fsp3) is 0.409. The van der Waals surface area contributed by atoms with Crippen LogP contribution in [0.4, 0.5) is 5.82 Å². The number of nitrogen functional groups attached to an aromatic ring is 1. The van der Waals surface area contributed by atoms with Gasteiger partial charge in [0, 0.05) is 18.1 Å². The first-order chi connectivity index (χ1) is 15.6. The Labute approximate surface area is 199 Å². The molecule has 0 radical (unpaired) electrons. The van der Waals surface area contributed by atoms with E-state index in [-0.39, 0.29) is 29.2 Å². The van der Waals surface area contributed by atoms with Gasteiger partial charge in [0.2, 0.25) is 0 Å². The van der Waals surface area contributed by atoms with Crippen LogP contribution in [-0.2, 0) is 13.1 Å². The molecule has 0 unspecified atom stereocenters. The number of nitrogens with two attached hydrogens (primary N) is 1. The van der Waals surface area contributed by atoms with Crippen molar-refractivity contribution in [3.63, 3.8) is 0 Å². The third-order valence-electron chi connectivity index (χ3n) is 5.11. The van der Waals surface area contributed by atoms with E-state index >= 15 is 0 Å². The molecule has 2 aromatic heterocycles. The summed E-state index contributed by atoms with van der Waals surface area (Å²) in [5.41, 5.74) is 4.45. The predicted octanol–water partition coefficient (Wildman–Crippen LogP) is 2.91. The van der Waals surface area contributed by atoms with Crippen molar-refractivity contribution in [2.45, 2.75) is 51.9 Å². The van der Waals surface area contributed by atoms with Gasteiger partial charge < -0.3 is 5.73 Å². The van der Waals surface area contributed by atoms with Crippen LogP contribution in [0.2, 0.25) is 5.02 Å². The first-order valence-corrected chi connectivity index (χ1v) is 12.0. The Hall–Kier alpha value is -2.85. The maximum atomic E-state index is 13.1. The maximum absolute atomic E-state index is 13.1. The zero-order valence-corrected chi connectivity index (χ0v) is 20.3. The number of nitrogens with zero attached hydrogens (tertiary/aromatic N) is 3. The molecule has 9 nitrogen and oxygen atoms in total. The van der Waals surface area contributed by atoms with E-state index in [1.54, 1.807) is 22.8 Å². The van der Waals surface area contributed by atoms with Crippen LogP contribution in [-0.4, -0.2) is 30.6 Å². The number of anilines is 1. The molecular weight excluding hydrogens is 466 g/mol. The van der Waals surface area contributed by atoms with Crippen LogP contribution in [0.1, 0.15) is 44.0 Å². The van der Waals surface area contributed by atoms with Crippen molar-refractivity contribution in [3.05, 3.63) is 60.0 Å². The second kappa shape index (κ2) is 10.4. The third kappa shape index (κ3) is 5.39. The number of halogens is 1. The van der Waals surface area contributed by atoms with E-state index in [0.29, 0.717) is 40.0 Å². The molecule has 3 aromatic rings. The molecule has 11 heteroatoms. The van der Waals surface area contributed by atoms with Crippen molar-refractivity contribution in [2.24, 2.45) is 5.92 Å². The molecule has 0 aliphatic heterocycles. The van der Waals surface area contributed by atoms with Gasteiger partial charge in [-0.15, -0.1) is 0 Å². The Kier molecular flexibility index (Phi) is 7.80. The summed E-state index contributed by atoms with van der Waals surface area (Å²) in [5, 5.41) is 1.23. The van der Waals surface area contributed by atoms with Crippen molar-refractivity contribution in [1.82, 2.24) is 19.1 Å². The molecule has 0 bridgehead atoms. The fourth-order valence-corrected chi connectivity index (χ4v) is 4.44. The number of benzene rings is 1. The highest BCUT2D eigenvalue weighted by Gasteiger charge is 2.21. The number of carbonyl (C=O) groups excluding carboxylic acids is 1. The Balaban J connectivity index is 2.00. The number of aromatic amines is 1. The van der Waals surface area contributed by atoms with E-state index in [9.17, 15) is 19.2 Å². The minimum Gasteiger partial charge on any atom is -0.384 e. The van der Waals surface area contributed by atoms with Gasteiger partial charge in [0.15, 0.2) is 10.9 Å². The highest BCUT2D eigenvalue weighted by molar-refractivity contribution is 7.99. The van der Waals surface area contributed by atoms with Crippen LogP contribution in [0.25, 0.3) is 10.9 Å². The molecule has 0 fully saturated rings. The van der Waals surface area contributed by atoms with E-state index in [1.807, 2.05) is 6.92 Å². The van der Waals surface area contributed by atoms with Crippen LogP contribution < -0.4 is 22.5 Å². The first kappa shape index (κ1) is 24.8. The van der Waals surface area contributed by atoms with Crippen LogP contribution in [0.3, 0.4) is 0 Å². The molecule has 0 saturated heterocycles. The van der Waals surface area contributed by atoms with Crippen LogP contribution in [0.5, 0.6) is 0 Å². The number of rotatable bonds is 9. The highest BCUT2D eigenvalue weighted by Crippen LogP contribution is 2.22. The number of ketones is 1. The summed E-state index contributed by atoms with van der Waals surface area (Å²) in [6.07, 6.45) is 1.35. The summed E-state index contributed by atoms with van der Waals surface area (Å²) in [6, 6.07) is 4.87. The van der Waals surface area contributed by atoms with Crippen molar-refractivity contribution in [2.75, 3.05) is 11.5 Å². The van der Waals surface area contributed by atoms with Crippen LogP contribution in [0, 0.1) is 5.92 Å². The largest absolute Gasteiger partial charge is 0.384 e. The number of hydrogen-bond acceptors (Lipinski definition) is 7. The van der Waals surface area contributed by atoms with Gasteiger partial charge in [-0.05, 0) is 37.0 Å². The van der Waals surface area contributed by atoms with Gasteiger partial charge in [-0.3, -0.25) is 28.5 Å². The number of nitrogens with one attached hydrogen (secondary N) is 1. The molecule has 0 aliphatic carbocycles. The number of H-pyrrole nitrogens is 1. The van der Waals surface area contributed by atoms with E-state index in [0.717, 1.165) is 18.2 Å². The average Bonchev–Trinajstić information content (AvgIpc) is 2.74. The maximum Gasteiger partial charge on any atom is 0.329 e. The Bertz CT molecular complexity index is 1380. The zero-order valence-electron chi connectivity index (χ0n) is 18.7. The standard InChI is InChI=1S/C22H26ClN5O4S/c1-4-8-27-18(24)17(19(30)26-21(27)32)16(29)11-33-22-25-15-10-13(23)5-6-14(15)20(31)28(22)9-7-12(2)3/h5-6,10,12H,4,7-9,11,24H2,1-3H3,(H,26,30,32). The SMILES string of the molecule is CCCn1c(N)c(C(=O)CSc2nc3cc(Cl)ccc3c(=O)n2CCC(C)C)c(=O)[nH]c1=O. The molecular formula is C22H26ClN5O4S.